The number of nitrogens with one attached hydrogen (secondary N) is 1. The molecule has 4 nitrogen and oxygen atoms in total. The molecule has 1 fully saturated rings. The molecular weight excluding hydrogens is 266 g/mol. The number of hydrogen-bond acceptors (Lipinski definition) is 4. The van der Waals surface area contributed by atoms with E-state index in [2.05, 4.69) is 5.32 Å². The molecule has 0 amide bonds. The number of aliphatic hydroxyl groups is 1. The molecule has 0 radical (unpaired) electrons. The second kappa shape index (κ2) is 7.14. The minimum Gasteiger partial charge on any atom is -0.493 e. The number of methoxy groups -OCH3 is 1. The number of likely N-dealkylation sites (N-methyl/N-ethyl adjacent to an activating group) is 1. The van der Waals surface area contributed by atoms with Crippen molar-refractivity contribution in [3.8, 4) is 11.5 Å². The van der Waals surface area contributed by atoms with Gasteiger partial charge in [0.1, 0.15) is 0 Å². The van der Waals surface area contributed by atoms with Gasteiger partial charge in [-0.15, -0.1) is 0 Å². The summed E-state index contributed by atoms with van der Waals surface area (Å²) in [6.45, 7) is 2.88. The summed E-state index contributed by atoms with van der Waals surface area (Å²) < 4.78 is 11.2. The van der Waals surface area contributed by atoms with Crippen LogP contribution in [-0.2, 0) is 0 Å². The maximum atomic E-state index is 9.69. The zero-order valence-corrected chi connectivity index (χ0v) is 13.3. The van der Waals surface area contributed by atoms with Crippen LogP contribution >= 0.6 is 0 Å². The molecule has 1 aromatic rings. The van der Waals surface area contributed by atoms with Crippen molar-refractivity contribution in [1.82, 2.24) is 5.32 Å². The highest BCUT2D eigenvalue weighted by molar-refractivity contribution is 5.42. The SMILES string of the molecule is CNC1(CO)CCCC1CCOc1ccc(C)cc1OC. The normalized spacial score (nSPS) is 25.0. The van der Waals surface area contributed by atoms with Gasteiger partial charge in [-0.05, 0) is 56.8 Å². The smallest absolute Gasteiger partial charge is 0.161 e. The maximum Gasteiger partial charge on any atom is 0.161 e. The minimum atomic E-state index is -0.124. The van der Waals surface area contributed by atoms with Crippen LogP contribution in [-0.4, -0.2) is 38.0 Å². The van der Waals surface area contributed by atoms with E-state index in [-0.39, 0.29) is 12.1 Å². The summed E-state index contributed by atoms with van der Waals surface area (Å²) in [4.78, 5) is 0. The molecule has 21 heavy (non-hydrogen) atoms. The molecule has 4 heteroatoms. The monoisotopic (exact) mass is 293 g/mol. The van der Waals surface area contributed by atoms with Crippen LogP contribution in [0.3, 0.4) is 0 Å². The predicted octanol–water partition coefficient (Wildman–Crippen LogP) is 2.52. The lowest BCUT2D eigenvalue weighted by atomic mass is 9.86. The van der Waals surface area contributed by atoms with Crippen molar-refractivity contribution in [2.45, 2.75) is 38.1 Å². The summed E-state index contributed by atoms with van der Waals surface area (Å²) in [5.41, 5.74) is 1.03. The number of aliphatic hydroxyl groups excluding tert-OH is 1. The number of hydrogen-bond donors (Lipinski definition) is 2. The predicted molar refractivity (Wildman–Crippen MR) is 84.1 cm³/mol. The molecule has 1 aliphatic carbocycles. The molecule has 1 aromatic carbocycles. The van der Waals surface area contributed by atoms with Gasteiger partial charge in [0.2, 0.25) is 0 Å². The molecule has 2 unspecified atom stereocenters. The average Bonchev–Trinajstić information content (AvgIpc) is 2.92. The van der Waals surface area contributed by atoms with E-state index in [9.17, 15) is 5.11 Å². The first-order valence-electron chi connectivity index (χ1n) is 7.72. The molecule has 2 atom stereocenters. The van der Waals surface area contributed by atoms with E-state index in [1.807, 2.05) is 32.2 Å². The van der Waals surface area contributed by atoms with Gasteiger partial charge < -0.3 is 19.9 Å². The van der Waals surface area contributed by atoms with Crippen LogP contribution in [0.5, 0.6) is 11.5 Å². The molecule has 1 aliphatic rings. The number of rotatable bonds is 7. The van der Waals surface area contributed by atoms with Gasteiger partial charge in [-0.3, -0.25) is 0 Å². The Hall–Kier alpha value is -1.26. The van der Waals surface area contributed by atoms with Crippen LogP contribution in [0.4, 0.5) is 0 Å². The van der Waals surface area contributed by atoms with Crippen molar-refractivity contribution in [2.24, 2.45) is 5.92 Å². The molecule has 0 aromatic heterocycles. The average molecular weight is 293 g/mol. The Kier molecular flexibility index (Phi) is 5.48. The second-order valence-corrected chi connectivity index (χ2v) is 5.94. The Morgan fingerprint density at radius 1 is 1.38 bits per heavy atom. The van der Waals surface area contributed by atoms with Crippen molar-refractivity contribution in [3.63, 3.8) is 0 Å². The molecule has 1 saturated carbocycles. The molecule has 2 N–H and O–H groups in total. The molecule has 0 bridgehead atoms. The third-order valence-electron chi connectivity index (χ3n) is 4.78. The van der Waals surface area contributed by atoms with E-state index in [0.29, 0.717) is 12.5 Å². The molecule has 0 saturated heterocycles. The minimum absolute atomic E-state index is 0.124. The Balaban J connectivity index is 1.92. The van der Waals surface area contributed by atoms with Crippen LogP contribution in [0, 0.1) is 12.8 Å². The molecule has 0 spiro atoms. The van der Waals surface area contributed by atoms with Gasteiger partial charge in [0.15, 0.2) is 11.5 Å². The topological polar surface area (TPSA) is 50.7 Å². The van der Waals surface area contributed by atoms with Gasteiger partial charge in [0.25, 0.3) is 0 Å². The van der Waals surface area contributed by atoms with Crippen LogP contribution in [0.2, 0.25) is 0 Å². The molecule has 0 heterocycles. The van der Waals surface area contributed by atoms with E-state index >= 15 is 0 Å². The van der Waals surface area contributed by atoms with Crippen molar-refractivity contribution in [2.75, 3.05) is 27.4 Å². The first-order chi connectivity index (χ1) is 10.1. The van der Waals surface area contributed by atoms with Gasteiger partial charge in [-0.25, -0.2) is 0 Å². The second-order valence-electron chi connectivity index (χ2n) is 5.94. The Labute approximate surface area is 127 Å². The molecule has 2 rings (SSSR count). The Morgan fingerprint density at radius 2 is 2.19 bits per heavy atom. The standard InChI is InChI=1S/C17H27NO3/c1-13-6-7-15(16(11-13)20-3)21-10-8-14-5-4-9-17(14,12-19)18-2/h6-7,11,14,18-19H,4-5,8-10,12H2,1-3H3. The van der Waals surface area contributed by atoms with Crippen molar-refractivity contribution < 1.29 is 14.6 Å². The molecule has 118 valence electrons. The fourth-order valence-corrected chi connectivity index (χ4v) is 3.39. The van der Waals surface area contributed by atoms with Crippen LogP contribution in [0.15, 0.2) is 18.2 Å². The highest BCUT2D eigenvalue weighted by Gasteiger charge is 2.40. The first kappa shape index (κ1) is 16.1. The third-order valence-corrected chi connectivity index (χ3v) is 4.78. The lowest BCUT2D eigenvalue weighted by Crippen LogP contribution is -2.49. The largest absolute Gasteiger partial charge is 0.493 e. The van der Waals surface area contributed by atoms with E-state index in [1.54, 1.807) is 7.11 Å². The van der Waals surface area contributed by atoms with Crippen LogP contribution < -0.4 is 14.8 Å². The van der Waals surface area contributed by atoms with Crippen molar-refractivity contribution in [1.29, 1.82) is 0 Å². The Morgan fingerprint density at radius 3 is 2.86 bits per heavy atom. The lowest BCUT2D eigenvalue weighted by molar-refractivity contribution is 0.116. The quantitative estimate of drug-likeness (QED) is 0.811. The fourth-order valence-electron chi connectivity index (χ4n) is 3.39. The highest BCUT2D eigenvalue weighted by atomic mass is 16.5. The maximum absolute atomic E-state index is 9.69. The summed E-state index contributed by atoms with van der Waals surface area (Å²) in [5.74, 6) is 2.03. The van der Waals surface area contributed by atoms with E-state index in [0.717, 1.165) is 36.3 Å². The number of aryl methyl sites for hydroxylation is 1. The van der Waals surface area contributed by atoms with Gasteiger partial charge >= 0.3 is 0 Å². The zero-order chi connectivity index (χ0) is 15.3. The summed E-state index contributed by atoms with van der Waals surface area (Å²) in [6, 6.07) is 5.97. The fraction of sp³-hybridized carbons (Fsp3) is 0.647. The number of benzene rings is 1. The van der Waals surface area contributed by atoms with Gasteiger partial charge in [0.05, 0.1) is 20.3 Å². The van der Waals surface area contributed by atoms with Gasteiger partial charge in [-0.2, -0.15) is 0 Å². The van der Waals surface area contributed by atoms with Gasteiger partial charge in [0, 0.05) is 5.54 Å². The van der Waals surface area contributed by atoms with Crippen molar-refractivity contribution in [3.05, 3.63) is 23.8 Å². The summed E-state index contributed by atoms with van der Waals surface area (Å²) in [7, 11) is 3.61. The summed E-state index contributed by atoms with van der Waals surface area (Å²) in [5, 5.41) is 13.0. The van der Waals surface area contributed by atoms with E-state index in [4.69, 9.17) is 9.47 Å². The van der Waals surface area contributed by atoms with Crippen LogP contribution in [0.1, 0.15) is 31.2 Å². The first-order valence-corrected chi connectivity index (χ1v) is 7.72. The Bertz CT molecular complexity index is 457. The zero-order valence-electron chi connectivity index (χ0n) is 13.3. The van der Waals surface area contributed by atoms with Crippen LogP contribution in [0.25, 0.3) is 0 Å². The molecular formula is C17H27NO3. The van der Waals surface area contributed by atoms with Gasteiger partial charge in [-0.1, -0.05) is 12.5 Å². The summed E-state index contributed by atoms with van der Waals surface area (Å²) >= 11 is 0. The van der Waals surface area contributed by atoms with E-state index in [1.165, 1.54) is 6.42 Å². The number of ether oxygens (including phenoxy) is 2. The molecule has 0 aliphatic heterocycles. The highest BCUT2D eigenvalue weighted by Crippen LogP contribution is 2.37. The third kappa shape index (κ3) is 3.50. The van der Waals surface area contributed by atoms with Crippen molar-refractivity contribution >= 4 is 0 Å². The lowest BCUT2D eigenvalue weighted by Gasteiger charge is -2.33. The van der Waals surface area contributed by atoms with E-state index < -0.39 is 0 Å². The summed E-state index contributed by atoms with van der Waals surface area (Å²) in [6.07, 6.45) is 4.30.